The molecule has 0 bridgehead atoms. The predicted molar refractivity (Wildman–Crippen MR) is 83.8 cm³/mol. The van der Waals surface area contributed by atoms with Gasteiger partial charge in [0.15, 0.2) is 0 Å². The normalized spacial score (nSPS) is 19.0. The predicted octanol–water partition coefficient (Wildman–Crippen LogP) is 1.37. The van der Waals surface area contributed by atoms with E-state index in [9.17, 15) is 4.79 Å². The van der Waals surface area contributed by atoms with Gasteiger partial charge in [-0.3, -0.25) is 9.69 Å². The molecule has 1 unspecified atom stereocenters. The standard InChI is InChI=1S/C14H20BrN3O3/c1-10-5-11(15)6-16-14(10)18-3-4-21-12(8-18)7-17(2)9-13(19)20/h5-6,12H,3-4,7-9H2,1-2H3,(H,19,20). The van der Waals surface area contributed by atoms with Crippen molar-refractivity contribution in [2.24, 2.45) is 0 Å². The van der Waals surface area contributed by atoms with E-state index in [0.29, 0.717) is 13.2 Å². The summed E-state index contributed by atoms with van der Waals surface area (Å²) in [5.41, 5.74) is 1.11. The second kappa shape index (κ2) is 7.20. The molecular weight excluding hydrogens is 338 g/mol. The third-order valence-electron chi connectivity index (χ3n) is 3.38. The number of rotatable bonds is 5. The zero-order valence-corrected chi connectivity index (χ0v) is 13.8. The number of aromatic nitrogens is 1. The van der Waals surface area contributed by atoms with E-state index in [1.165, 1.54) is 0 Å². The van der Waals surface area contributed by atoms with Crippen molar-refractivity contribution in [1.29, 1.82) is 0 Å². The molecule has 0 aromatic carbocycles. The van der Waals surface area contributed by atoms with E-state index in [1.54, 1.807) is 18.1 Å². The minimum Gasteiger partial charge on any atom is -0.480 e. The number of anilines is 1. The first kappa shape index (κ1) is 16.2. The van der Waals surface area contributed by atoms with Crippen LogP contribution in [0.15, 0.2) is 16.7 Å². The van der Waals surface area contributed by atoms with E-state index < -0.39 is 5.97 Å². The lowest BCUT2D eigenvalue weighted by atomic mass is 10.2. The van der Waals surface area contributed by atoms with E-state index in [4.69, 9.17) is 9.84 Å². The molecule has 1 aliphatic heterocycles. The van der Waals surface area contributed by atoms with Gasteiger partial charge in [-0.1, -0.05) is 0 Å². The van der Waals surface area contributed by atoms with Crippen LogP contribution in [0.4, 0.5) is 5.82 Å². The zero-order chi connectivity index (χ0) is 15.4. The number of morpholine rings is 1. The van der Waals surface area contributed by atoms with Gasteiger partial charge in [-0.2, -0.15) is 0 Å². The molecule has 1 fully saturated rings. The number of pyridine rings is 1. The molecule has 7 heteroatoms. The fourth-order valence-corrected chi connectivity index (χ4v) is 2.98. The summed E-state index contributed by atoms with van der Waals surface area (Å²) in [6.07, 6.45) is 1.79. The second-order valence-electron chi connectivity index (χ2n) is 5.32. The zero-order valence-electron chi connectivity index (χ0n) is 12.3. The number of aliphatic carboxylic acids is 1. The van der Waals surface area contributed by atoms with Gasteiger partial charge in [0.05, 0.1) is 19.3 Å². The first-order chi connectivity index (χ1) is 9.95. The van der Waals surface area contributed by atoms with Gasteiger partial charge >= 0.3 is 5.97 Å². The highest BCUT2D eigenvalue weighted by molar-refractivity contribution is 9.10. The SMILES string of the molecule is Cc1cc(Br)cnc1N1CCOC(CN(C)CC(=O)O)C1. The molecular formula is C14H20BrN3O3. The van der Waals surface area contributed by atoms with Crippen LogP contribution >= 0.6 is 15.9 Å². The van der Waals surface area contributed by atoms with E-state index >= 15 is 0 Å². The highest BCUT2D eigenvalue weighted by Crippen LogP contribution is 2.22. The van der Waals surface area contributed by atoms with Crippen LogP contribution in [0.1, 0.15) is 5.56 Å². The van der Waals surface area contributed by atoms with Crippen molar-refractivity contribution >= 4 is 27.7 Å². The van der Waals surface area contributed by atoms with Gasteiger partial charge in [0, 0.05) is 30.3 Å². The number of carboxylic acid groups (broad SMARTS) is 1. The van der Waals surface area contributed by atoms with Crippen LogP contribution in [0.3, 0.4) is 0 Å². The Kier molecular flexibility index (Phi) is 5.55. The molecule has 1 aromatic rings. The lowest BCUT2D eigenvalue weighted by molar-refractivity contribution is -0.138. The number of hydrogen-bond donors (Lipinski definition) is 1. The Morgan fingerprint density at radius 3 is 3.10 bits per heavy atom. The molecule has 1 aromatic heterocycles. The molecule has 1 saturated heterocycles. The number of hydrogen-bond acceptors (Lipinski definition) is 5. The highest BCUT2D eigenvalue weighted by atomic mass is 79.9. The minimum absolute atomic E-state index is 0.00653. The van der Waals surface area contributed by atoms with Gasteiger partial charge in [0.2, 0.25) is 0 Å². The quantitative estimate of drug-likeness (QED) is 0.858. The maximum absolute atomic E-state index is 10.7. The van der Waals surface area contributed by atoms with Crippen LogP contribution in [0.5, 0.6) is 0 Å². The number of ether oxygens (including phenoxy) is 1. The van der Waals surface area contributed by atoms with Crippen molar-refractivity contribution < 1.29 is 14.6 Å². The summed E-state index contributed by atoms with van der Waals surface area (Å²) in [5.74, 6) is 0.142. The average molecular weight is 358 g/mol. The summed E-state index contributed by atoms with van der Waals surface area (Å²) in [7, 11) is 1.79. The topological polar surface area (TPSA) is 65.9 Å². The smallest absolute Gasteiger partial charge is 0.317 e. The molecule has 6 nitrogen and oxygen atoms in total. The molecule has 1 N–H and O–H groups in total. The average Bonchev–Trinajstić information content (AvgIpc) is 2.37. The Morgan fingerprint density at radius 1 is 1.67 bits per heavy atom. The van der Waals surface area contributed by atoms with Crippen LogP contribution in [-0.4, -0.2) is 66.9 Å². The number of halogens is 1. The summed E-state index contributed by atoms with van der Waals surface area (Å²) >= 11 is 3.42. The number of carbonyl (C=O) groups is 1. The highest BCUT2D eigenvalue weighted by Gasteiger charge is 2.24. The van der Waals surface area contributed by atoms with Gasteiger partial charge in [0.25, 0.3) is 0 Å². The van der Waals surface area contributed by atoms with Crippen LogP contribution in [-0.2, 0) is 9.53 Å². The first-order valence-electron chi connectivity index (χ1n) is 6.84. The van der Waals surface area contributed by atoms with Crippen LogP contribution < -0.4 is 4.90 Å². The Balaban J connectivity index is 1.98. The molecule has 1 atom stereocenters. The molecule has 1 aliphatic rings. The van der Waals surface area contributed by atoms with Crippen LogP contribution in [0.2, 0.25) is 0 Å². The Hall–Kier alpha value is -1.18. The molecule has 2 rings (SSSR count). The first-order valence-corrected chi connectivity index (χ1v) is 7.64. The summed E-state index contributed by atoms with van der Waals surface area (Å²) in [4.78, 5) is 19.1. The van der Waals surface area contributed by atoms with Crippen molar-refractivity contribution in [1.82, 2.24) is 9.88 Å². The molecule has 0 spiro atoms. The maximum atomic E-state index is 10.7. The third-order valence-corrected chi connectivity index (χ3v) is 3.81. The van der Waals surface area contributed by atoms with E-state index in [1.807, 2.05) is 13.0 Å². The van der Waals surface area contributed by atoms with Gasteiger partial charge in [-0.25, -0.2) is 4.98 Å². The van der Waals surface area contributed by atoms with E-state index in [-0.39, 0.29) is 12.6 Å². The number of carboxylic acids is 1. The van der Waals surface area contributed by atoms with Crippen molar-refractivity contribution in [2.75, 3.05) is 44.7 Å². The summed E-state index contributed by atoms with van der Waals surface area (Å²) in [6.45, 7) is 4.80. The van der Waals surface area contributed by atoms with Crippen LogP contribution in [0, 0.1) is 6.92 Å². The number of nitrogens with zero attached hydrogens (tertiary/aromatic N) is 3. The summed E-state index contributed by atoms with van der Waals surface area (Å²) in [5, 5.41) is 8.80. The molecule has 0 amide bonds. The fraction of sp³-hybridized carbons (Fsp3) is 0.571. The van der Waals surface area contributed by atoms with Crippen LogP contribution in [0.25, 0.3) is 0 Å². The third kappa shape index (κ3) is 4.66. The van der Waals surface area contributed by atoms with Crippen molar-refractivity contribution in [3.8, 4) is 0 Å². The van der Waals surface area contributed by atoms with Gasteiger partial charge in [-0.05, 0) is 41.5 Å². The van der Waals surface area contributed by atoms with Crippen molar-refractivity contribution in [2.45, 2.75) is 13.0 Å². The Bertz CT molecular complexity index is 512. The van der Waals surface area contributed by atoms with Gasteiger partial charge < -0.3 is 14.7 Å². The molecule has 0 radical (unpaired) electrons. The summed E-state index contributed by atoms with van der Waals surface area (Å²) < 4.78 is 6.70. The van der Waals surface area contributed by atoms with Crippen molar-refractivity contribution in [3.63, 3.8) is 0 Å². The molecule has 21 heavy (non-hydrogen) atoms. The minimum atomic E-state index is -0.824. The largest absolute Gasteiger partial charge is 0.480 e. The Morgan fingerprint density at radius 2 is 2.43 bits per heavy atom. The lowest BCUT2D eigenvalue weighted by Crippen LogP contribution is -2.48. The van der Waals surface area contributed by atoms with Gasteiger partial charge in [-0.15, -0.1) is 0 Å². The fourth-order valence-electron chi connectivity index (χ4n) is 2.53. The molecule has 116 valence electrons. The molecule has 2 heterocycles. The lowest BCUT2D eigenvalue weighted by Gasteiger charge is -2.35. The molecule has 0 aliphatic carbocycles. The van der Waals surface area contributed by atoms with Crippen molar-refractivity contribution in [3.05, 3.63) is 22.3 Å². The second-order valence-corrected chi connectivity index (χ2v) is 6.24. The van der Waals surface area contributed by atoms with E-state index in [2.05, 4.69) is 25.8 Å². The maximum Gasteiger partial charge on any atom is 0.317 e. The number of aryl methyl sites for hydroxylation is 1. The Labute approximate surface area is 132 Å². The number of likely N-dealkylation sites (N-methyl/N-ethyl adjacent to an activating group) is 1. The molecule has 0 saturated carbocycles. The monoisotopic (exact) mass is 357 g/mol. The summed E-state index contributed by atoms with van der Waals surface area (Å²) in [6, 6.07) is 2.04. The van der Waals surface area contributed by atoms with Gasteiger partial charge in [0.1, 0.15) is 5.82 Å². The van der Waals surface area contributed by atoms with E-state index in [0.717, 1.165) is 28.9 Å².